The lowest BCUT2D eigenvalue weighted by atomic mass is 9.96. The van der Waals surface area contributed by atoms with Gasteiger partial charge >= 0.3 is 12.1 Å². The number of hydrogen-bond donors (Lipinski definition) is 1. The second-order valence-corrected chi connectivity index (χ2v) is 8.70. The first-order chi connectivity index (χ1) is 15.0. The number of anilines is 1. The molecule has 2 aliphatic heterocycles. The van der Waals surface area contributed by atoms with Crippen molar-refractivity contribution in [3.63, 3.8) is 0 Å². The number of fused-ring (bicyclic) bond motifs is 1. The van der Waals surface area contributed by atoms with Crippen molar-refractivity contribution in [2.45, 2.75) is 25.2 Å². The molecular weight excluding hydrogens is 466 g/mol. The van der Waals surface area contributed by atoms with Crippen LogP contribution in [0.1, 0.15) is 34.3 Å². The molecular formula is C22H18Cl2F3N3O2. The highest BCUT2D eigenvalue weighted by Crippen LogP contribution is 2.39. The number of alkyl halides is 3. The largest absolute Gasteiger partial charge is 0.478 e. The van der Waals surface area contributed by atoms with Gasteiger partial charge in [-0.25, -0.2) is 9.80 Å². The molecule has 0 amide bonds. The first kappa shape index (κ1) is 22.5. The molecule has 4 rings (SSSR count). The summed E-state index contributed by atoms with van der Waals surface area (Å²) in [4.78, 5) is 13.9. The number of carbonyl (C=O) groups is 1. The highest BCUT2D eigenvalue weighted by molar-refractivity contribution is 6.34. The van der Waals surface area contributed by atoms with Crippen LogP contribution in [0.5, 0.6) is 0 Å². The molecule has 0 aliphatic carbocycles. The summed E-state index contributed by atoms with van der Waals surface area (Å²) in [6.07, 6.45) is -0.777. The zero-order chi connectivity index (χ0) is 23.2. The number of rotatable bonds is 5. The SMILES string of the molecule is CC1CN2C=NN(c3ccc(C=CC(c4cc(Cl)cc(Cl)c4)C(F)(F)F)cc3C(=O)O)C12. The van der Waals surface area contributed by atoms with E-state index in [9.17, 15) is 23.1 Å². The van der Waals surface area contributed by atoms with E-state index in [4.69, 9.17) is 23.2 Å². The molecule has 3 atom stereocenters. The minimum atomic E-state index is -4.59. The third kappa shape index (κ3) is 4.29. The van der Waals surface area contributed by atoms with Gasteiger partial charge < -0.3 is 10.0 Å². The van der Waals surface area contributed by atoms with Gasteiger partial charge in [0.05, 0.1) is 17.2 Å². The average molecular weight is 484 g/mol. The standard InChI is InChI=1S/C22H18Cl2F3N3O2/c1-12-10-29-11-28-30(20(12)29)19-5-3-13(6-17(19)21(31)32)2-4-18(22(25,26)27)14-7-15(23)9-16(24)8-14/h2-9,11-12,18,20H,10H2,1H3,(H,31,32). The summed E-state index contributed by atoms with van der Waals surface area (Å²) in [5.41, 5.74) is 0.556. The fourth-order valence-electron chi connectivity index (χ4n) is 4.02. The van der Waals surface area contributed by atoms with Crippen molar-refractivity contribution in [3.8, 4) is 0 Å². The maximum atomic E-state index is 13.7. The Hall–Kier alpha value is -2.71. The van der Waals surface area contributed by atoms with Crippen molar-refractivity contribution >= 4 is 47.3 Å². The van der Waals surface area contributed by atoms with Gasteiger partial charge in [0.2, 0.25) is 0 Å². The van der Waals surface area contributed by atoms with Crippen molar-refractivity contribution in [2.75, 3.05) is 11.6 Å². The molecule has 32 heavy (non-hydrogen) atoms. The average Bonchev–Trinajstić information content (AvgIpc) is 3.02. The van der Waals surface area contributed by atoms with Crippen LogP contribution in [0, 0.1) is 5.92 Å². The summed E-state index contributed by atoms with van der Waals surface area (Å²) in [7, 11) is 0. The molecule has 0 bridgehead atoms. The van der Waals surface area contributed by atoms with Gasteiger partial charge in [0.15, 0.2) is 0 Å². The summed E-state index contributed by atoms with van der Waals surface area (Å²) in [6.45, 7) is 2.88. The molecule has 3 unspecified atom stereocenters. The summed E-state index contributed by atoms with van der Waals surface area (Å²) in [6, 6.07) is 8.24. The molecule has 168 valence electrons. The Morgan fingerprint density at radius 2 is 1.91 bits per heavy atom. The summed E-state index contributed by atoms with van der Waals surface area (Å²) in [5, 5.41) is 15.8. The van der Waals surface area contributed by atoms with Crippen LogP contribution in [0.3, 0.4) is 0 Å². The van der Waals surface area contributed by atoms with Gasteiger partial charge in [-0.05, 0) is 41.5 Å². The van der Waals surface area contributed by atoms with Gasteiger partial charge in [0, 0.05) is 22.5 Å². The number of carboxylic acids is 1. The fraction of sp³-hybridized carbons (Fsp3) is 0.273. The Morgan fingerprint density at radius 3 is 2.50 bits per heavy atom. The molecule has 5 nitrogen and oxygen atoms in total. The molecule has 0 radical (unpaired) electrons. The van der Waals surface area contributed by atoms with Gasteiger partial charge in [0.25, 0.3) is 0 Å². The summed E-state index contributed by atoms with van der Waals surface area (Å²) >= 11 is 11.7. The second kappa shape index (κ2) is 8.33. The first-order valence-electron chi connectivity index (χ1n) is 9.72. The van der Waals surface area contributed by atoms with Crippen LogP contribution in [0.4, 0.5) is 18.9 Å². The van der Waals surface area contributed by atoms with Gasteiger partial charge in [0.1, 0.15) is 12.5 Å². The van der Waals surface area contributed by atoms with E-state index >= 15 is 0 Å². The van der Waals surface area contributed by atoms with Crippen molar-refractivity contribution < 1.29 is 23.1 Å². The molecule has 1 saturated heterocycles. The second-order valence-electron chi connectivity index (χ2n) is 7.83. The highest BCUT2D eigenvalue weighted by atomic mass is 35.5. The zero-order valence-electron chi connectivity index (χ0n) is 16.7. The normalized spacial score (nSPS) is 21.1. The van der Waals surface area contributed by atoms with Gasteiger partial charge in [-0.3, -0.25) is 0 Å². The predicted octanol–water partition coefficient (Wildman–Crippen LogP) is 6.09. The van der Waals surface area contributed by atoms with Crippen LogP contribution in [0.2, 0.25) is 10.0 Å². The number of aromatic carboxylic acids is 1. The van der Waals surface area contributed by atoms with E-state index in [1.54, 1.807) is 23.5 Å². The third-order valence-corrected chi connectivity index (χ3v) is 5.93. The number of hydrogen-bond acceptors (Lipinski definition) is 4. The molecule has 2 aromatic rings. The molecule has 1 fully saturated rings. The van der Waals surface area contributed by atoms with E-state index in [-0.39, 0.29) is 27.3 Å². The van der Waals surface area contributed by atoms with Crippen molar-refractivity contribution in [2.24, 2.45) is 11.0 Å². The van der Waals surface area contributed by atoms with E-state index in [0.29, 0.717) is 17.2 Å². The number of carboxylic acid groups (broad SMARTS) is 1. The van der Waals surface area contributed by atoms with Crippen molar-refractivity contribution in [3.05, 3.63) is 69.2 Å². The Morgan fingerprint density at radius 1 is 1.22 bits per heavy atom. The lowest BCUT2D eigenvalue weighted by Crippen LogP contribution is -2.57. The predicted molar refractivity (Wildman–Crippen MR) is 118 cm³/mol. The van der Waals surface area contributed by atoms with E-state index in [2.05, 4.69) is 5.10 Å². The monoisotopic (exact) mass is 483 g/mol. The Kier molecular flexibility index (Phi) is 5.85. The van der Waals surface area contributed by atoms with Crippen LogP contribution >= 0.6 is 23.2 Å². The van der Waals surface area contributed by atoms with Crippen molar-refractivity contribution in [1.82, 2.24) is 4.90 Å². The Bertz CT molecular complexity index is 1100. The van der Waals surface area contributed by atoms with Crippen LogP contribution in [-0.4, -0.2) is 41.2 Å². The van der Waals surface area contributed by atoms with Crippen molar-refractivity contribution in [1.29, 1.82) is 0 Å². The minimum Gasteiger partial charge on any atom is -0.478 e. The zero-order valence-corrected chi connectivity index (χ0v) is 18.2. The Labute approximate surface area is 192 Å². The van der Waals surface area contributed by atoms with Gasteiger partial charge in [-0.2, -0.15) is 18.3 Å². The van der Waals surface area contributed by atoms with Gasteiger partial charge in [-0.15, -0.1) is 0 Å². The Balaban J connectivity index is 1.66. The molecule has 2 heterocycles. The van der Waals surface area contributed by atoms with Crippen LogP contribution in [0.25, 0.3) is 6.08 Å². The minimum absolute atomic E-state index is 0.0420. The maximum Gasteiger partial charge on any atom is 0.399 e. The summed E-state index contributed by atoms with van der Waals surface area (Å²) in [5.74, 6) is -2.85. The number of allylic oxidation sites excluding steroid dienone is 1. The lowest BCUT2D eigenvalue weighted by molar-refractivity contribution is -0.139. The van der Waals surface area contributed by atoms with E-state index < -0.39 is 18.1 Å². The number of benzene rings is 2. The molecule has 1 N–H and O–H groups in total. The number of halogens is 5. The molecule has 2 aliphatic rings. The van der Waals surface area contributed by atoms with E-state index in [1.807, 2.05) is 11.8 Å². The van der Waals surface area contributed by atoms with Crippen LogP contribution < -0.4 is 5.01 Å². The van der Waals surface area contributed by atoms with Crippen LogP contribution in [-0.2, 0) is 0 Å². The number of nitrogens with zero attached hydrogens (tertiary/aromatic N) is 3. The molecule has 2 aromatic carbocycles. The van der Waals surface area contributed by atoms with Crippen LogP contribution in [0.15, 0.2) is 47.6 Å². The van der Waals surface area contributed by atoms with E-state index in [0.717, 1.165) is 12.6 Å². The topological polar surface area (TPSA) is 56.1 Å². The maximum absolute atomic E-state index is 13.7. The highest BCUT2D eigenvalue weighted by Gasteiger charge is 2.43. The third-order valence-electron chi connectivity index (χ3n) is 5.50. The lowest BCUT2D eigenvalue weighted by Gasteiger charge is -2.44. The molecule has 0 aromatic heterocycles. The molecule has 10 heteroatoms. The smallest absolute Gasteiger partial charge is 0.399 e. The molecule has 0 saturated carbocycles. The molecule has 0 spiro atoms. The van der Waals surface area contributed by atoms with Gasteiger partial charge in [-0.1, -0.05) is 48.3 Å². The number of hydrazone groups is 1. The van der Waals surface area contributed by atoms with E-state index in [1.165, 1.54) is 30.3 Å². The quantitative estimate of drug-likeness (QED) is 0.558. The summed E-state index contributed by atoms with van der Waals surface area (Å²) < 4.78 is 41.1. The first-order valence-corrected chi connectivity index (χ1v) is 10.5. The fourth-order valence-corrected chi connectivity index (χ4v) is 4.56.